The van der Waals surface area contributed by atoms with Gasteiger partial charge in [0, 0.05) is 0 Å². The smallest absolute Gasteiger partial charge is 0.134 e. The first-order chi connectivity index (χ1) is 15.5. The Morgan fingerprint density at radius 2 is 0.781 bits per heavy atom. The van der Waals surface area contributed by atoms with Crippen molar-refractivity contribution in [2.75, 3.05) is 0 Å². The van der Waals surface area contributed by atoms with Crippen LogP contribution in [0.4, 0.5) is 8.78 Å². The Bertz CT molecular complexity index is 523. The van der Waals surface area contributed by atoms with E-state index in [2.05, 4.69) is 13.8 Å². The molecule has 0 aromatic carbocycles. The van der Waals surface area contributed by atoms with Crippen molar-refractivity contribution in [1.29, 1.82) is 0 Å². The van der Waals surface area contributed by atoms with Crippen LogP contribution in [-0.4, -0.2) is 12.3 Å². The number of rotatable bonds is 7. The highest BCUT2D eigenvalue weighted by Gasteiger charge is 2.40. The van der Waals surface area contributed by atoms with Gasteiger partial charge in [-0.3, -0.25) is 0 Å². The van der Waals surface area contributed by atoms with Gasteiger partial charge in [0.25, 0.3) is 0 Å². The molecule has 4 aliphatic rings. The molecule has 4 atom stereocenters. The van der Waals surface area contributed by atoms with Crippen molar-refractivity contribution in [3.8, 4) is 0 Å². The molecular formula is C30H52F2. The van der Waals surface area contributed by atoms with Gasteiger partial charge < -0.3 is 0 Å². The third-order valence-electron chi connectivity index (χ3n) is 10.8. The van der Waals surface area contributed by atoms with Crippen LogP contribution in [0.2, 0.25) is 0 Å². The second kappa shape index (κ2) is 12.0. The molecule has 0 radical (unpaired) electrons. The molecule has 0 nitrogen and oxygen atoms in total. The van der Waals surface area contributed by atoms with E-state index < -0.39 is 12.3 Å². The van der Waals surface area contributed by atoms with E-state index >= 15 is 4.39 Å². The molecule has 4 unspecified atom stereocenters. The minimum atomic E-state index is -1.19. The third kappa shape index (κ3) is 6.71. The third-order valence-corrected chi connectivity index (χ3v) is 10.8. The average Bonchev–Trinajstić information content (AvgIpc) is 2.81. The highest BCUT2D eigenvalue weighted by molar-refractivity contribution is 4.89. The zero-order valence-electron chi connectivity index (χ0n) is 21.3. The van der Waals surface area contributed by atoms with E-state index in [9.17, 15) is 4.39 Å². The summed E-state index contributed by atoms with van der Waals surface area (Å²) in [6.45, 7) is 4.77. The number of hydrogen-bond acceptors (Lipinski definition) is 0. The molecule has 2 heteroatoms. The highest BCUT2D eigenvalue weighted by atomic mass is 19.2. The van der Waals surface area contributed by atoms with E-state index in [1.165, 1.54) is 77.0 Å². The van der Waals surface area contributed by atoms with Gasteiger partial charge in [0.2, 0.25) is 0 Å². The Morgan fingerprint density at radius 3 is 1.22 bits per heavy atom. The molecule has 4 rings (SSSR count). The Labute approximate surface area is 198 Å². The van der Waals surface area contributed by atoms with Gasteiger partial charge in [-0.1, -0.05) is 78.1 Å². The second-order valence-corrected chi connectivity index (χ2v) is 13.1. The monoisotopic (exact) mass is 450 g/mol. The lowest BCUT2D eigenvalue weighted by atomic mass is 9.68. The fourth-order valence-corrected chi connectivity index (χ4v) is 8.10. The summed E-state index contributed by atoms with van der Waals surface area (Å²) in [5.74, 6) is 5.32. The lowest BCUT2D eigenvalue weighted by Crippen LogP contribution is -2.38. The second-order valence-electron chi connectivity index (χ2n) is 13.1. The summed E-state index contributed by atoms with van der Waals surface area (Å²) in [5, 5.41) is 0. The summed E-state index contributed by atoms with van der Waals surface area (Å²) >= 11 is 0. The summed E-state index contributed by atoms with van der Waals surface area (Å²) in [6.07, 6.45) is 20.2. The average molecular weight is 451 g/mol. The van der Waals surface area contributed by atoms with Crippen LogP contribution in [0.5, 0.6) is 0 Å². The molecule has 0 N–H and O–H groups in total. The lowest BCUT2D eigenvalue weighted by Gasteiger charge is -2.39. The van der Waals surface area contributed by atoms with Crippen molar-refractivity contribution in [3.05, 3.63) is 0 Å². The Kier molecular flexibility index (Phi) is 9.37. The van der Waals surface area contributed by atoms with E-state index in [-0.39, 0.29) is 11.8 Å². The lowest BCUT2D eigenvalue weighted by molar-refractivity contribution is 0.0103. The maximum absolute atomic E-state index is 15.0. The van der Waals surface area contributed by atoms with Crippen LogP contribution in [0.3, 0.4) is 0 Å². The van der Waals surface area contributed by atoms with Crippen molar-refractivity contribution in [2.24, 2.45) is 47.3 Å². The SMILES string of the molecule is CC1CCC(CCC2CCC(CCC3CCC(C4CCC(C)CC4)CC3)C(F)C2F)CC1. The zero-order valence-corrected chi connectivity index (χ0v) is 21.3. The van der Waals surface area contributed by atoms with E-state index in [1.807, 2.05) is 0 Å². The maximum Gasteiger partial charge on any atom is 0.134 e. The largest absolute Gasteiger partial charge is 0.244 e. The van der Waals surface area contributed by atoms with Gasteiger partial charge in [-0.15, -0.1) is 0 Å². The molecule has 0 heterocycles. The number of alkyl halides is 2. The summed E-state index contributed by atoms with van der Waals surface area (Å²) in [7, 11) is 0. The van der Waals surface area contributed by atoms with Gasteiger partial charge in [-0.2, -0.15) is 0 Å². The summed E-state index contributed by atoms with van der Waals surface area (Å²) < 4.78 is 30.0. The summed E-state index contributed by atoms with van der Waals surface area (Å²) in [6, 6.07) is 0. The van der Waals surface area contributed by atoms with Crippen LogP contribution in [0, 0.1) is 47.3 Å². The predicted molar refractivity (Wildman–Crippen MR) is 132 cm³/mol. The van der Waals surface area contributed by atoms with Gasteiger partial charge in [0.1, 0.15) is 12.3 Å². The van der Waals surface area contributed by atoms with Crippen LogP contribution >= 0.6 is 0 Å². The molecule has 0 aromatic heterocycles. The van der Waals surface area contributed by atoms with E-state index in [1.54, 1.807) is 0 Å². The number of hydrogen-bond donors (Lipinski definition) is 0. The molecule has 0 aromatic rings. The van der Waals surface area contributed by atoms with E-state index in [0.717, 1.165) is 74.0 Å². The van der Waals surface area contributed by atoms with Crippen LogP contribution in [0.25, 0.3) is 0 Å². The van der Waals surface area contributed by atoms with Crippen molar-refractivity contribution < 1.29 is 8.78 Å². The van der Waals surface area contributed by atoms with Crippen LogP contribution in [-0.2, 0) is 0 Å². The quantitative estimate of drug-likeness (QED) is 0.362. The summed E-state index contributed by atoms with van der Waals surface area (Å²) in [4.78, 5) is 0. The standard InChI is InChI=1S/C30H52F2/c1-21-3-7-23(8-4-21)11-17-27-19-20-28(30(32)29(27)31)18-12-24-9-15-26(16-10-24)25-13-5-22(2)6-14-25/h21-30H,3-20H2,1-2H3. The Balaban J connectivity index is 1.12. The first kappa shape index (κ1) is 25.0. The molecule has 0 saturated heterocycles. The van der Waals surface area contributed by atoms with E-state index in [4.69, 9.17) is 0 Å². The van der Waals surface area contributed by atoms with Gasteiger partial charge in [0.15, 0.2) is 0 Å². The normalized spacial score (nSPS) is 46.1. The zero-order chi connectivity index (χ0) is 22.5. The molecule has 0 spiro atoms. The van der Waals surface area contributed by atoms with Gasteiger partial charge in [0.05, 0.1) is 0 Å². The van der Waals surface area contributed by atoms with E-state index in [0.29, 0.717) is 0 Å². The van der Waals surface area contributed by atoms with Gasteiger partial charge in [-0.05, 0) is 98.7 Å². The van der Waals surface area contributed by atoms with Crippen molar-refractivity contribution in [2.45, 2.75) is 142 Å². The van der Waals surface area contributed by atoms with Crippen molar-refractivity contribution in [1.82, 2.24) is 0 Å². The molecule has 4 aliphatic carbocycles. The Morgan fingerprint density at radius 1 is 0.438 bits per heavy atom. The Hall–Kier alpha value is -0.140. The van der Waals surface area contributed by atoms with Crippen molar-refractivity contribution >= 4 is 0 Å². The molecule has 32 heavy (non-hydrogen) atoms. The highest BCUT2D eigenvalue weighted by Crippen LogP contribution is 2.44. The summed E-state index contributed by atoms with van der Waals surface area (Å²) in [5.41, 5.74) is 0. The fourth-order valence-electron chi connectivity index (χ4n) is 8.10. The van der Waals surface area contributed by atoms with Crippen molar-refractivity contribution in [3.63, 3.8) is 0 Å². The van der Waals surface area contributed by atoms with Crippen LogP contribution < -0.4 is 0 Å². The van der Waals surface area contributed by atoms with Crippen LogP contribution in [0.15, 0.2) is 0 Å². The maximum atomic E-state index is 15.0. The molecule has 4 fully saturated rings. The fraction of sp³-hybridized carbons (Fsp3) is 1.00. The molecule has 0 amide bonds. The first-order valence-electron chi connectivity index (χ1n) is 14.8. The molecule has 0 aliphatic heterocycles. The topological polar surface area (TPSA) is 0 Å². The molecular weight excluding hydrogens is 398 g/mol. The minimum Gasteiger partial charge on any atom is -0.244 e. The van der Waals surface area contributed by atoms with Crippen LogP contribution in [0.1, 0.15) is 129 Å². The first-order valence-corrected chi connectivity index (χ1v) is 14.8. The number of halogens is 2. The molecule has 0 bridgehead atoms. The molecule has 4 saturated carbocycles. The molecule has 186 valence electrons. The van der Waals surface area contributed by atoms with Gasteiger partial charge >= 0.3 is 0 Å². The minimum absolute atomic E-state index is 0.00524. The van der Waals surface area contributed by atoms with Gasteiger partial charge in [-0.25, -0.2) is 8.78 Å². The predicted octanol–water partition coefficient (Wildman–Crippen LogP) is 9.71.